The van der Waals surface area contributed by atoms with Crippen LogP contribution >= 0.6 is 11.6 Å². The largest absolute Gasteiger partial charge is 0.374 e. The van der Waals surface area contributed by atoms with Crippen molar-refractivity contribution in [2.75, 3.05) is 0 Å². The van der Waals surface area contributed by atoms with Gasteiger partial charge in [0, 0.05) is 0 Å². The van der Waals surface area contributed by atoms with Crippen molar-refractivity contribution in [1.82, 2.24) is 0 Å². The summed E-state index contributed by atoms with van der Waals surface area (Å²) >= 11 is 5.29. The molecule has 0 radical (unpaired) electrons. The van der Waals surface area contributed by atoms with Crippen LogP contribution in [0, 0.1) is 0 Å². The molecule has 0 aromatic rings. The van der Waals surface area contributed by atoms with Crippen LogP contribution in [-0.2, 0) is 0 Å². The molecule has 0 amide bonds. The van der Waals surface area contributed by atoms with Crippen molar-refractivity contribution in [2.45, 2.75) is 18.9 Å². The van der Waals surface area contributed by atoms with E-state index in [0.29, 0.717) is 0 Å². The maximum atomic E-state index is 8.69. The van der Waals surface area contributed by atoms with Crippen LogP contribution in [0.1, 0.15) is 13.3 Å². The van der Waals surface area contributed by atoms with E-state index in [9.17, 15) is 0 Å². The van der Waals surface area contributed by atoms with Crippen molar-refractivity contribution in [1.29, 1.82) is 0 Å². The fourth-order valence-corrected chi connectivity index (χ4v) is 0.718. The van der Waals surface area contributed by atoms with Gasteiger partial charge in [-0.2, -0.15) is 0 Å². The van der Waals surface area contributed by atoms with Gasteiger partial charge in [0.25, 0.3) is 0 Å². The number of alkyl halides is 1. The summed E-state index contributed by atoms with van der Waals surface area (Å²) in [4.78, 5) is 0. The first-order valence-electron chi connectivity index (χ1n) is 3.52. The Balaban J connectivity index is 4.07. The quantitative estimate of drug-likeness (QED) is 0.511. The first-order chi connectivity index (χ1) is 5.20. The molecule has 62 valence electrons. The van der Waals surface area contributed by atoms with Gasteiger partial charge in [0.05, 0.1) is 0 Å². The highest BCUT2D eigenvalue weighted by Crippen LogP contribution is 2.04. The van der Waals surface area contributed by atoms with Crippen LogP contribution in [-0.4, -0.2) is 10.7 Å². The molecule has 0 bridgehead atoms. The summed E-state index contributed by atoms with van der Waals surface area (Å²) in [7, 11) is 0. The van der Waals surface area contributed by atoms with E-state index in [1.807, 2.05) is 13.0 Å². The minimum absolute atomic E-state index is 0.894. The average molecular weight is 173 g/mol. The second-order valence-electron chi connectivity index (χ2n) is 2.06. The summed E-state index contributed by atoms with van der Waals surface area (Å²) in [6.45, 7) is 5.60. The molecule has 0 rings (SSSR count). The van der Waals surface area contributed by atoms with Crippen molar-refractivity contribution in [3.8, 4) is 0 Å². The topological polar surface area (TPSA) is 20.2 Å². The molecule has 0 aromatic carbocycles. The third-order valence-corrected chi connectivity index (χ3v) is 1.35. The molecule has 0 aliphatic rings. The van der Waals surface area contributed by atoms with Gasteiger partial charge in [0.15, 0.2) is 0 Å². The summed E-state index contributed by atoms with van der Waals surface area (Å²) < 4.78 is 0. The van der Waals surface area contributed by atoms with Gasteiger partial charge < -0.3 is 5.11 Å². The van der Waals surface area contributed by atoms with Crippen molar-refractivity contribution >= 4 is 11.6 Å². The summed E-state index contributed by atoms with van der Waals surface area (Å²) in [6.07, 6.45) is 7.82. The third-order valence-electron chi connectivity index (χ3n) is 1.21. The predicted molar refractivity (Wildman–Crippen MR) is 49.6 cm³/mol. The summed E-state index contributed by atoms with van der Waals surface area (Å²) in [5, 5.41) is 8.69. The number of hydrogen-bond acceptors (Lipinski definition) is 1. The molecule has 1 atom stereocenters. The monoisotopic (exact) mass is 172 g/mol. The van der Waals surface area contributed by atoms with E-state index in [1.54, 1.807) is 12.2 Å². The highest BCUT2D eigenvalue weighted by molar-refractivity contribution is 6.20. The zero-order valence-corrected chi connectivity index (χ0v) is 7.38. The van der Waals surface area contributed by atoms with Crippen LogP contribution in [0.4, 0.5) is 0 Å². The SMILES string of the molecule is C=C/C=C(\C=C\C(O)Cl)CC. The highest BCUT2D eigenvalue weighted by Gasteiger charge is 1.89. The Morgan fingerprint density at radius 3 is 2.73 bits per heavy atom. The van der Waals surface area contributed by atoms with E-state index < -0.39 is 5.56 Å². The fraction of sp³-hybridized carbons (Fsp3) is 0.333. The van der Waals surface area contributed by atoms with Gasteiger partial charge in [0.1, 0.15) is 5.56 Å². The molecule has 1 unspecified atom stereocenters. The lowest BCUT2D eigenvalue weighted by Crippen LogP contribution is -1.87. The molecular formula is C9H13ClO. The van der Waals surface area contributed by atoms with Crippen LogP contribution in [0.3, 0.4) is 0 Å². The molecular weight excluding hydrogens is 160 g/mol. The second kappa shape index (κ2) is 6.20. The van der Waals surface area contributed by atoms with Crippen LogP contribution in [0.2, 0.25) is 0 Å². The summed E-state index contributed by atoms with van der Waals surface area (Å²) in [6, 6.07) is 0. The van der Waals surface area contributed by atoms with E-state index in [1.165, 1.54) is 6.08 Å². The highest BCUT2D eigenvalue weighted by atomic mass is 35.5. The Bertz CT molecular complexity index is 168. The molecule has 0 aromatic heterocycles. The zero-order chi connectivity index (χ0) is 8.69. The van der Waals surface area contributed by atoms with Gasteiger partial charge in [-0.1, -0.05) is 43.3 Å². The molecule has 2 heteroatoms. The Kier molecular flexibility index (Phi) is 5.90. The van der Waals surface area contributed by atoms with Gasteiger partial charge in [-0.05, 0) is 18.1 Å². The number of rotatable bonds is 4. The van der Waals surface area contributed by atoms with Gasteiger partial charge >= 0.3 is 0 Å². The number of hydrogen-bond donors (Lipinski definition) is 1. The number of aliphatic hydroxyl groups excluding tert-OH is 1. The normalized spacial score (nSPS) is 15.4. The Labute approximate surface area is 72.7 Å². The van der Waals surface area contributed by atoms with Crippen LogP contribution in [0.5, 0.6) is 0 Å². The van der Waals surface area contributed by atoms with E-state index >= 15 is 0 Å². The summed E-state index contributed by atoms with van der Waals surface area (Å²) in [5.41, 5.74) is 0.203. The van der Waals surface area contributed by atoms with Crippen LogP contribution in [0.25, 0.3) is 0 Å². The lowest BCUT2D eigenvalue weighted by Gasteiger charge is -1.95. The number of allylic oxidation sites excluding steroid dienone is 4. The molecule has 0 aliphatic heterocycles. The average Bonchev–Trinajstić information content (AvgIpc) is 1.97. The van der Waals surface area contributed by atoms with Crippen molar-refractivity contribution < 1.29 is 5.11 Å². The number of aliphatic hydroxyl groups is 1. The third kappa shape index (κ3) is 5.89. The first kappa shape index (κ1) is 10.5. The van der Waals surface area contributed by atoms with Crippen molar-refractivity contribution in [3.63, 3.8) is 0 Å². The van der Waals surface area contributed by atoms with Gasteiger partial charge in [0.2, 0.25) is 0 Å². The van der Waals surface area contributed by atoms with Crippen LogP contribution < -0.4 is 0 Å². The smallest absolute Gasteiger partial charge is 0.146 e. The molecule has 1 N–H and O–H groups in total. The lowest BCUT2D eigenvalue weighted by molar-refractivity contribution is 0.303. The number of halogens is 1. The molecule has 11 heavy (non-hydrogen) atoms. The second-order valence-corrected chi connectivity index (χ2v) is 2.51. The Morgan fingerprint density at radius 2 is 2.36 bits per heavy atom. The van der Waals surface area contributed by atoms with E-state index in [0.717, 1.165) is 12.0 Å². The maximum absolute atomic E-state index is 8.69. The minimum atomic E-state index is -0.894. The summed E-state index contributed by atoms with van der Waals surface area (Å²) in [5.74, 6) is 0. The first-order valence-corrected chi connectivity index (χ1v) is 3.96. The molecule has 1 nitrogen and oxygen atoms in total. The molecule has 0 heterocycles. The molecule has 0 aliphatic carbocycles. The van der Waals surface area contributed by atoms with E-state index in [4.69, 9.17) is 16.7 Å². The van der Waals surface area contributed by atoms with E-state index in [2.05, 4.69) is 6.58 Å². The molecule has 0 fully saturated rings. The van der Waals surface area contributed by atoms with Gasteiger partial charge in [-0.15, -0.1) is 0 Å². The fourth-order valence-electron chi connectivity index (χ4n) is 0.646. The van der Waals surface area contributed by atoms with E-state index in [-0.39, 0.29) is 0 Å². The van der Waals surface area contributed by atoms with Crippen LogP contribution in [0.15, 0.2) is 36.5 Å². The van der Waals surface area contributed by atoms with Crippen molar-refractivity contribution in [3.05, 3.63) is 36.5 Å². The van der Waals surface area contributed by atoms with Gasteiger partial charge in [-0.3, -0.25) is 0 Å². The molecule has 0 spiro atoms. The molecule has 0 saturated carbocycles. The maximum Gasteiger partial charge on any atom is 0.146 e. The molecule has 0 saturated heterocycles. The van der Waals surface area contributed by atoms with Gasteiger partial charge in [-0.25, -0.2) is 0 Å². The Hall–Kier alpha value is -0.530. The van der Waals surface area contributed by atoms with Crippen molar-refractivity contribution in [2.24, 2.45) is 0 Å². The predicted octanol–water partition coefficient (Wildman–Crippen LogP) is 2.62. The Morgan fingerprint density at radius 1 is 1.73 bits per heavy atom. The standard InChI is InChI=1S/C9H13ClO/c1-3-5-8(4-2)6-7-9(10)11/h3,5-7,9,11H,1,4H2,2H3/b7-6+,8-5-. The zero-order valence-electron chi connectivity index (χ0n) is 6.63. The minimum Gasteiger partial charge on any atom is -0.374 e. The lowest BCUT2D eigenvalue weighted by atomic mass is 10.2.